The summed E-state index contributed by atoms with van der Waals surface area (Å²) in [5, 5.41) is 61.5. The fraction of sp³-hybridized carbons (Fsp3) is 0.933. The fourth-order valence-corrected chi connectivity index (χ4v) is 3.11. The number of ether oxygens (including phenoxy) is 4. The largest absolute Gasteiger partial charge is 0.440 e. The van der Waals surface area contributed by atoms with Gasteiger partial charge in [0.2, 0.25) is 0 Å². The maximum Gasteiger partial charge on any atom is 0.407 e. The van der Waals surface area contributed by atoms with Crippen molar-refractivity contribution in [3.63, 3.8) is 0 Å². The number of amides is 1. The summed E-state index contributed by atoms with van der Waals surface area (Å²) in [5.41, 5.74) is 0. The van der Waals surface area contributed by atoms with E-state index in [2.05, 4.69) is 5.32 Å². The molecular formula is C15H27NO11. The van der Waals surface area contributed by atoms with E-state index in [0.29, 0.717) is 0 Å². The van der Waals surface area contributed by atoms with Crippen molar-refractivity contribution in [2.24, 2.45) is 0 Å². The van der Waals surface area contributed by atoms with Crippen LogP contribution in [0.5, 0.6) is 0 Å². The quantitative estimate of drug-likeness (QED) is 0.240. The zero-order valence-corrected chi connectivity index (χ0v) is 14.9. The molecular weight excluding hydrogens is 370 g/mol. The van der Waals surface area contributed by atoms with Gasteiger partial charge in [0.1, 0.15) is 42.7 Å². The lowest BCUT2D eigenvalue weighted by atomic mass is 9.95. The average Bonchev–Trinajstić information content (AvgIpc) is 2.66. The summed E-state index contributed by atoms with van der Waals surface area (Å²) in [5.74, 6) is 0. The maximum atomic E-state index is 11.5. The molecule has 0 radical (unpaired) electrons. The first-order valence-corrected chi connectivity index (χ1v) is 8.53. The van der Waals surface area contributed by atoms with Crippen molar-refractivity contribution in [3.8, 4) is 0 Å². The summed E-state index contributed by atoms with van der Waals surface area (Å²) in [4.78, 5) is 11.5. The molecule has 12 nitrogen and oxygen atoms in total. The van der Waals surface area contributed by atoms with Crippen molar-refractivity contribution in [1.82, 2.24) is 5.32 Å². The molecule has 27 heavy (non-hydrogen) atoms. The Kier molecular flexibility index (Phi) is 7.73. The van der Waals surface area contributed by atoms with Crippen LogP contribution in [0.25, 0.3) is 0 Å². The molecule has 0 spiro atoms. The Bertz CT molecular complexity index is 494. The third-order valence-corrected chi connectivity index (χ3v) is 4.66. The zero-order chi connectivity index (χ0) is 20.3. The Morgan fingerprint density at radius 1 is 0.926 bits per heavy atom. The lowest BCUT2D eigenvalue weighted by Crippen LogP contribution is -2.64. The van der Waals surface area contributed by atoms with Gasteiger partial charge in [0.25, 0.3) is 0 Å². The minimum absolute atomic E-state index is 0.515. The van der Waals surface area contributed by atoms with Gasteiger partial charge in [0, 0.05) is 7.05 Å². The number of hydrogen-bond donors (Lipinski definition) is 7. The van der Waals surface area contributed by atoms with E-state index in [-0.39, 0.29) is 0 Å². The summed E-state index contributed by atoms with van der Waals surface area (Å²) >= 11 is 0. The molecule has 2 aliphatic heterocycles. The van der Waals surface area contributed by atoms with Crippen molar-refractivity contribution in [2.75, 3.05) is 20.3 Å². The van der Waals surface area contributed by atoms with Gasteiger partial charge in [0.15, 0.2) is 12.4 Å². The van der Waals surface area contributed by atoms with Crippen LogP contribution in [0.1, 0.15) is 6.92 Å². The van der Waals surface area contributed by atoms with Crippen LogP contribution >= 0.6 is 0 Å². The monoisotopic (exact) mass is 397 g/mol. The zero-order valence-electron chi connectivity index (χ0n) is 14.9. The molecule has 2 fully saturated rings. The van der Waals surface area contributed by atoms with Gasteiger partial charge in [-0.2, -0.15) is 0 Å². The SMILES string of the molecule is CNC(=O)O[C@@H]1[C@H](O)[C@@H](O[C@@H]2C(C)O[C@@H](CO)[C@@H](O)[C@@H]2O)O[C@H](CO)[C@H]1O. The van der Waals surface area contributed by atoms with Crippen LogP contribution in [-0.4, -0.2) is 118 Å². The number of aliphatic hydroxyl groups excluding tert-OH is 6. The molecule has 0 saturated carbocycles. The summed E-state index contributed by atoms with van der Waals surface area (Å²) < 4.78 is 21.1. The molecule has 12 heteroatoms. The number of rotatable bonds is 5. The molecule has 0 bridgehead atoms. The molecule has 2 rings (SSSR count). The number of nitrogens with one attached hydrogen (secondary N) is 1. The molecule has 2 saturated heterocycles. The van der Waals surface area contributed by atoms with Crippen molar-refractivity contribution in [2.45, 2.75) is 68.1 Å². The van der Waals surface area contributed by atoms with Crippen LogP contribution in [0.4, 0.5) is 4.79 Å². The summed E-state index contributed by atoms with van der Waals surface area (Å²) in [6.45, 7) is 0.350. The minimum Gasteiger partial charge on any atom is -0.440 e. The van der Waals surface area contributed by atoms with Crippen molar-refractivity contribution < 1.29 is 54.4 Å². The number of hydrogen-bond acceptors (Lipinski definition) is 11. The van der Waals surface area contributed by atoms with Crippen LogP contribution in [0, 0.1) is 0 Å². The van der Waals surface area contributed by atoms with E-state index in [1.54, 1.807) is 0 Å². The van der Waals surface area contributed by atoms with E-state index in [1.807, 2.05) is 0 Å². The first kappa shape index (κ1) is 22.2. The molecule has 10 atom stereocenters. The van der Waals surface area contributed by atoms with Gasteiger partial charge < -0.3 is 54.9 Å². The Hall–Kier alpha value is -1.09. The molecule has 2 heterocycles. The first-order valence-electron chi connectivity index (χ1n) is 8.53. The number of carbonyl (C=O) groups is 1. The van der Waals surface area contributed by atoms with Gasteiger partial charge in [0.05, 0.1) is 19.3 Å². The van der Waals surface area contributed by atoms with Gasteiger partial charge in [-0.05, 0) is 6.92 Å². The molecule has 7 N–H and O–H groups in total. The Labute approximate surface area is 155 Å². The predicted octanol–water partition coefficient (Wildman–Crippen LogP) is -3.96. The summed E-state index contributed by atoms with van der Waals surface area (Å²) in [6.07, 6.45) is -14.2. The lowest BCUT2D eigenvalue weighted by molar-refractivity contribution is -0.339. The normalized spacial score (nSPS) is 45.3. The van der Waals surface area contributed by atoms with E-state index in [4.69, 9.17) is 18.9 Å². The highest BCUT2D eigenvalue weighted by molar-refractivity contribution is 5.67. The van der Waals surface area contributed by atoms with Gasteiger partial charge in [-0.3, -0.25) is 0 Å². The Balaban J connectivity index is 2.14. The third kappa shape index (κ3) is 4.67. The fourth-order valence-electron chi connectivity index (χ4n) is 3.11. The van der Waals surface area contributed by atoms with E-state index in [0.717, 1.165) is 0 Å². The van der Waals surface area contributed by atoms with Crippen molar-refractivity contribution in [3.05, 3.63) is 0 Å². The highest BCUT2D eigenvalue weighted by Crippen LogP contribution is 2.30. The van der Waals surface area contributed by atoms with E-state index >= 15 is 0 Å². The molecule has 0 aliphatic carbocycles. The highest BCUT2D eigenvalue weighted by atomic mass is 16.7. The van der Waals surface area contributed by atoms with Crippen LogP contribution in [0.3, 0.4) is 0 Å². The first-order chi connectivity index (χ1) is 12.7. The summed E-state index contributed by atoms with van der Waals surface area (Å²) in [6, 6.07) is 0. The second kappa shape index (κ2) is 9.41. The molecule has 158 valence electrons. The minimum atomic E-state index is -1.66. The third-order valence-electron chi connectivity index (χ3n) is 4.66. The van der Waals surface area contributed by atoms with Crippen LogP contribution < -0.4 is 5.32 Å². The number of aliphatic hydroxyl groups is 6. The van der Waals surface area contributed by atoms with Crippen molar-refractivity contribution in [1.29, 1.82) is 0 Å². The van der Waals surface area contributed by atoms with Gasteiger partial charge in [-0.1, -0.05) is 0 Å². The average molecular weight is 397 g/mol. The Morgan fingerprint density at radius 3 is 2.07 bits per heavy atom. The molecule has 0 aromatic heterocycles. The van der Waals surface area contributed by atoms with Gasteiger partial charge in [-0.15, -0.1) is 0 Å². The molecule has 2 aliphatic rings. The predicted molar refractivity (Wildman–Crippen MR) is 85.4 cm³/mol. The Morgan fingerprint density at radius 2 is 1.52 bits per heavy atom. The number of carbonyl (C=O) groups excluding carboxylic acids is 1. The summed E-state index contributed by atoms with van der Waals surface area (Å²) in [7, 11) is 1.29. The molecule has 1 amide bonds. The second-order valence-corrected chi connectivity index (χ2v) is 6.47. The second-order valence-electron chi connectivity index (χ2n) is 6.47. The van der Waals surface area contributed by atoms with Crippen molar-refractivity contribution >= 4 is 6.09 Å². The van der Waals surface area contributed by atoms with Crippen LogP contribution in [0.2, 0.25) is 0 Å². The van der Waals surface area contributed by atoms with E-state index in [1.165, 1.54) is 14.0 Å². The van der Waals surface area contributed by atoms with Gasteiger partial charge in [-0.25, -0.2) is 4.79 Å². The topological polar surface area (TPSA) is 187 Å². The highest BCUT2D eigenvalue weighted by Gasteiger charge is 2.51. The lowest BCUT2D eigenvalue weighted by Gasteiger charge is -2.46. The van der Waals surface area contributed by atoms with E-state index < -0.39 is 80.5 Å². The molecule has 0 aromatic rings. The smallest absolute Gasteiger partial charge is 0.407 e. The van der Waals surface area contributed by atoms with Crippen LogP contribution in [-0.2, 0) is 18.9 Å². The number of alkyl carbamates (subject to hydrolysis) is 1. The maximum absolute atomic E-state index is 11.5. The standard InChI is InChI=1S/C15H27NO11/c1-5-12(10(21)8(19)6(3-17)24-5)26-14-11(22)13(27-15(23)16-2)9(20)7(4-18)25-14/h5-14,17-22H,3-4H2,1-2H3,(H,16,23)/t5?,6-,7+,8+,9+,10-,11-,12+,13-,14+/m0/s1. The van der Waals surface area contributed by atoms with Crippen LogP contribution in [0.15, 0.2) is 0 Å². The molecule has 0 aromatic carbocycles. The van der Waals surface area contributed by atoms with E-state index in [9.17, 15) is 35.4 Å². The molecule has 1 unspecified atom stereocenters. The van der Waals surface area contributed by atoms with Gasteiger partial charge >= 0.3 is 6.09 Å².